The minimum Gasteiger partial charge on any atom is -0.466 e. The fourth-order valence-corrected chi connectivity index (χ4v) is 6.60. The van der Waals surface area contributed by atoms with Crippen LogP contribution in [0.25, 0.3) is 0 Å². The molecule has 2 aliphatic rings. The fraction of sp³-hybridized carbons (Fsp3) is 0.343. The molecule has 1 atom stereocenters. The first-order valence-corrected chi connectivity index (χ1v) is 15.2. The van der Waals surface area contributed by atoms with Crippen molar-refractivity contribution in [3.8, 4) is 0 Å². The number of hydrogen-bond acceptors (Lipinski definition) is 6. The lowest BCUT2D eigenvalue weighted by molar-refractivity contribution is -0.141. The van der Waals surface area contributed by atoms with E-state index in [1.807, 2.05) is 12.1 Å². The summed E-state index contributed by atoms with van der Waals surface area (Å²) in [6.07, 6.45) is 2.84. The molecular weight excluding hydrogens is 630 g/mol. The van der Waals surface area contributed by atoms with Crippen LogP contribution in [0.1, 0.15) is 42.0 Å². The van der Waals surface area contributed by atoms with Gasteiger partial charge in [-0.15, -0.1) is 12.4 Å². The molecule has 0 saturated carbocycles. The predicted molar refractivity (Wildman–Crippen MR) is 174 cm³/mol. The number of amides is 3. The Hall–Kier alpha value is -4.32. The number of piperidine rings is 1. The maximum Gasteiger partial charge on any atom is 0.341 e. The average molecular weight is 669 g/mol. The Morgan fingerprint density at radius 3 is 2.13 bits per heavy atom. The number of ether oxygens (including phenoxy) is 2. The van der Waals surface area contributed by atoms with Crippen molar-refractivity contribution in [3.05, 3.63) is 118 Å². The van der Waals surface area contributed by atoms with Gasteiger partial charge in [-0.1, -0.05) is 66.7 Å². The molecule has 3 aromatic carbocycles. The highest BCUT2D eigenvalue weighted by Crippen LogP contribution is 2.42. The van der Waals surface area contributed by atoms with Gasteiger partial charge in [-0.3, -0.25) is 9.80 Å². The lowest BCUT2D eigenvalue weighted by atomic mass is 9.68. The minimum absolute atomic E-state index is 0. The van der Waals surface area contributed by atoms with Crippen molar-refractivity contribution < 1.29 is 32.6 Å². The first-order valence-electron chi connectivity index (χ1n) is 15.2. The number of methoxy groups -OCH3 is 2. The number of hydrogen-bond donors (Lipinski definition) is 1. The first-order chi connectivity index (χ1) is 22.3. The molecule has 0 radical (unpaired) electrons. The van der Waals surface area contributed by atoms with Gasteiger partial charge in [-0.2, -0.15) is 0 Å². The van der Waals surface area contributed by atoms with Gasteiger partial charge in [0.25, 0.3) is 0 Å². The summed E-state index contributed by atoms with van der Waals surface area (Å²) in [6.45, 7) is 2.30. The molecule has 9 nitrogen and oxygen atoms in total. The molecule has 3 amide bonds. The van der Waals surface area contributed by atoms with Crippen molar-refractivity contribution >= 4 is 30.8 Å². The van der Waals surface area contributed by atoms with E-state index in [0.29, 0.717) is 19.4 Å². The Labute approximate surface area is 279 Å². The Kier molecular flexibility index (Phi) is 12.1. The Morgan fingerprint density at radius 2 is 1.60 bits per heavy atom. The van der Waals surface area contributed by atoms with Gasteiger partial charge >= 0.3 is 12.0 Å². The second-order valence-electron chi connectivity index (χ2n) is 11.4. The SMILES string of the molecule is COCC1=C(C(=O)OC)C(c2ccc(F)c(F)c2)N(N(C=O)CCCN2CCC(c3ccccc3)(c3ccccc3)CC2)C(=O)N1.Cl. The lowest BCUT2D eigenvalue weighted by Gasteiger charge is -2.44. The van der Waals surface area contributed by atoms with Crippen LogP contribution in [0.15, 0.2) is 90.1 Å². The molecule has 0 spiro atoms. The number of halogens is 3. The number of rotatable bonds is 12. The van der Waals surface area contributed by atoms with Crippen LogP contribution >= 0.6 is 12.4 Å². The van der Waals surface area contributed by atoms with Crippen LogP contribution < -0.4 is 5.32 Å². The molecule has 250 valence electrons. The second-order valence-corrected chi connectivity index (χ2v) is 11.4. The summed E-state index contributed by atoms with van der Waals surface area (Å²) < 4.78 is 38.5. The molecule has 0 aliphatic carbocycles. The second kappa shape index (κ2) is 16.0. The smallest absolute Gasteiger partial charge is 0.341 e. The van der Waals surface area contributed by atoms with Crippen LogP contribution in [0.2, 0.25) is 0 Å². The summed E-state index contributed by atoms with van der Waals surface area (Å²) in [5, 5.41) is 4.83. The molecule has 2 heterocycles. The van der Waals surface area contributed by atoms with Crippen molar-refractivity contribution in [1.82, 2.24) is 20.2 Å². The third kappa shape index (κ3) is 7.48. The number of likely N-dealkylation sites (tertiary alicyclic amines) is 1. The van der Waals surface area contributed by atoms with Crippen LogP contribution in [0.5, 0.6) is 0 Å². The molecular formula is C35H39ClF2N4O5. The first kappa shape index (κ1) is 35.5. The number of carbonyl (C=O) groups is 3. The summed E-state index contributed by atoms with van der Waals surface area (Å²) in [6, 6.07) is 22.2. The van der Waals surface area contributed by atoms with Crippen molar-refractivity contribution in [2.75, 3.05) is 47.0 Å². The lowest BCUT2D eigenvalue weighted by Crippen LogP contribution is -2.57. The van der Waals surface area contributed by atoms with Gasteiger partial charge in [0.2, 0.25) is 6.41 Å². The Morgan fingerprint density at radius 1 is 0.979 bits per heavy atom. The quantitative estimate of drug-likeness (QED) is 0.206. The van der Waals surface area contributed by atoms with E-state index in [4.69, 9.17) is 9.47 Å². The van der Waals surface area contributed by atoms with E-state index in [-0.39, 0.29) is 47.8 Å². The third-order valence-electron chi connectivity index (χ3n) is 8.88. The van der Waals surface area contributed by atoms with Crippen LogP contribution in [0.3, 0.4) is 0 Å². The van der Waals surface area contributed by atoms with E-state index in [1.54, 1.807) is 0 Å². The number of nitrogens with one attached hydrogen (secondary N) is 1. The van der Waals surface area contributed by atoms with E-state index < -0.39 is 29.7 Å². The van der Waals surface area contributed by atoms with E-state index in [2.05, 4.69) is 58.7 Å². The standard InChI is InChI=1S/C35H38F2N4O5.ClH/c1-45-23-30-31(33(43)46-2)32(25-14-15-28(36)29(37)22-25)41(34(44)38-30)40(24-42)19-9-18-39-20-16-35(17-21-39,26-10-5-3-6-11-26)27-12-7-4-8-13-27;/h3-8,10-15,22,24,32H,9,16-21,23H2,1-2H3,(H,38,44);1H. The number of esters is 1. The van der Waals surface area contributed by atoms with Gasteiger partial charge in [0.05, 0.1) is 25.0 Å². The fourth-order valence-electron chi connectivity index (χ4n) is 6.60. The molecule has 2 aliphatic heterocycles. The van der Waals surface area contributed by atoms with Crippen molar-refractivity contribution in [2.45, 2.75) is 30.7 Å². The van der Waals surface area contributed by atoms with E-state index in [1.165, 1.54) is 31.4 Å². The molecule has 47 heavy (non-hydrogen) atoms. The van der Waals surface area contributed by atoms with Crippen molar-refractivity contribution in [2.24, 2.45) is 0 Å². The average Bonchev–Trinajstić information content (AvgIpc) is 3.09. The molecule has 0 aromatic heterocycles. The zero-order chi connectivity index (χ0) is 32.7. The molecule has 5 rings (SSSR count). The van der Waals surface area contributed by atoms with Crippen molar-refractivity contribution in [1.29, 1.82) is 0 Å². The maximum atomic E-state index is 14.4. The number of benzene rings is 3. The summed E-state index contributed by atoms with van der Waals surface area (Å²) >= 11 is 0. The van der Waals surface area contributed by atoms with E-state index in [0.717, 1.165) is 48.1 Å². The molecule has 3 aromatic rings. The number of hydrazine groups is 1. The third-order valence-corrected chi connectivity index (χ3v) is 8.88. The zero-order valence-electron chi connectivity index (χ0n) is 26.4. The monoisotopic (exact) mass is 668 g/mol. The molecule has 1 fully saturated rings. The summed E-state index contributed by atoms with van der Waals surface area (Å²) in [5.41, 5.74) is 2.60. The van der Waals surface area contributed by atoms with Gasteiger partial charge < -0.3 is 19.7 Å². The minimum atomic E-state index is -1.28. The van der Waals surface area contributed by atoms with Gasteiger partial charge in [-0.25, -0.2) is 23.4 Å². The number of carbonyl (C=O) groups excluding carboxylic acids is 3. The predicted octanol–water partition coefficient (Wildman–Crippen LogP) is 5.37. The maximum absolute atomic E-state index is 14.4. The van der Waals surface area contributed by atoms with Gasteiger partial charge in [0.1, 0.15) is 6.04 Å². The molecule has 0 bridgehead atoms. The summed E-state index contributed by atoms with van der Waals surface area (Å²) in [5.74, 6) is -3.06. The molecule has 1 saturated heterocycles. The van der Waals surface area contributed by atoms with E-state index in [9.17, 15) is 23.2 Å². The number of urea groups is 1. The number of nitrogens with zero attached hydrogens (tertiary/aromatic N) is 3. The van der Waals surface area contributed by atoms with Crippen LogP contribution in [0, 0.1) is 11.6 Å². The molecule has 12 heteroatoms. The summed E-state index contributed by atoms with van der Waals surface area (Å²) in [7, 11) is 2.55. The van der Waals surface area contributed by atoms with E-state index >= 15 is 0 Å². The summed E-state index contributed by atoms with van der Waals surface area (Å²) in [4.78, 5) is 41.3. The van der Waals surface area contributed by atoms with Crippen LogP contribution in [-0.4, -0.2) is 80.3 Å². The molecule has 1 unspecified atom stereocenters. The zero-order valence-corrected chi connectivity index (χ0v) is 27.2. The normalized spacial score (nSPS) is 17.8. The largest absolute Gasteiger partial charge is 0.466 e. The van der Waals surface area contributed by atoms with Crippen molar-refractivity contribution in [3.63, 3.8) is 0 Å². The van der Waals surface area contributed by atoms with Gasteiger partial charge in [0.15, 0.2) is 11.6 Å². The van der Waals surface area contributed by atoms with Gasteiger partial charge in [-0.05, 0) is 67.7 Å². The highest BCUT2D eigenvalue weighted by molar-refractivity contribution is 5.95. The Bertz CT molecular complexity index is 1530. The Balaban J connectivity index is 0.00000500. The van der Waals surface area contributed by atoms with Gasteiger partial charge in [0, 0.05) is 19.1 Å². The van der Waals surface area contributed by atoms with Crippen LogP contribution in [0.4, 0.5) is 13.6 Å². The highest BCUT2D eigenvalue weighted by atomic mass is 35.5. The highest BCUT2D eigenvalue weighted by Gasteiger charge is 2.43. The van der Waals surface area contributed by atoms with Crippen LogP contribution in [-0.2, 0) is 24.5 Å². The topological polar surface area (TPSA) is 91.4 Å². The molecule has 1 N–H and O–H groups in total.